The molecular weight excluding hydrogens is 343 g/mol. The Morgan fingerprint density at radius 1 is 1.45 bits per heavy atom. The molecule has 0 bridgehead atoms. The summed E-state index contributed by atoms with van der Waals surface area (Å²) in [5, 5.41) is 2.73. The highest BCUT2D eigenvalue weighted by molar-refractivity contribution is 7.89. The maximum Gasteiger partial charge on any atom is 0.417 e. The van der Waals surface area contributed by atoms with Gasteiger partial charge in [-0.1, -0.05) is 11.6 Å². The van der Waals surface area contributed by atoms with Crippen molar-refractivity contribution < 1.29 is 21.6 Å². The number of anilines is 1. The second-order valence-electron chi connectivity index (χ2n) is 5.02. The van der Waals surface area contributed by atoms with E-state index in [1.54, 1.807) is 6.92 Å². The molecule has 1 fully saturated rings. The molecule has 2 rings (SSSR count). The molecule has 1 aliphatic heterocycles. The fraction of sp³-hybridized carbons (Fsp3) is 0.583. The van der Waals surface area contributed by atoms with E-state index in [0.29, 0.717) is 25.8 Å². The molecule has 1 aliphatic rings. The molecule has 1 aromatic heterocycles. The standard InChI is InChI=1S/C12H15ClF3N3O2S/c1-2-22(20,21)19-6-8(7-19)4-17-11-10(13)3-9(5-18-11)12(14,15)16/h3,5,8H,2,4,6-7H2,1H3,(H,17,18). The van der Waals surface area contributed by atoms with Crippen molar-refractivity contribution in [2.45, 2.75) is 13.1 Å². The molecule has 22 heavy (non-hydrogen) atoms. The summed E-state index contributed by atoms with van der Waals surface area (Å²) in [7, 11) is -3.17. The third kappa shape index (κ3) is 3.82. The van der Waals surface area contributed by atoms with Crippen LogP contribution >= 0.6 is 11.6 Å². The lowest BCUT2D eigenvalue weighted by Crippen LogP contribution is -2.52. The van der Waals surface area contributed by atoms with E-state index < -0.39 is 21.8 Å². The number of hydrogen-bond acceptors (Lipinski definition) is 4. The van der Waals surface area contributed by atoms with Crippen LogP contribution in [0.4, 0.5) is 19.0 Å². The molecule has 1 N–H and O–H groups in total. The second kappa shape index (κ2) is 6.21. The molecule has 0 atom stereocenters. The van der Waals surface area contributed by atoms with Gasteiger partial charge in [-0.3, -0.25) is 0 Å². The number of aromatic nitrogens is 1. The van der Waals surface area contributed by atoms with Crippen molar-refractivity contribution in [3.05, 3.63) is 22.8 Å². The summed E-state index contributed by atoms with van der Waals surface area (Å²) in [6.07, 6.45) is -3.78. The number of hydrogen-bond donors (Lipinski definition) is 1. The van der Waals surface area contributed by atoms with Gasteiger partial charge in [0.25, 0.3) is 0 Å². The molecule has 0 radical (unpaired) electrons. The zero-order valence-corrected chi connectivity index (χ0v) is 13.3. The maximum atomic E-state index is 12.5. The molecule has 0 aliphatic carbocycles. The second-order valence-corrected chi connectivity index (χ2v) is 7.68. The van der Waals surface area contributed by atoms with Crippen LogP contribution in [0.25, 0.3) is 0 Å². The van der Waals surface area contributed by atoms with Crippen LogP contribution in [-0.2, 0) is 16.2 Å². The van der Waals surface area contributed by atoms with Crippen LogP contribution in [0.1, 0.15) is 12.5 Å². The van der Waals surface area contributed by atoms with Crippen LogP contribution in [0.2, 0.25) is 5.02 Å². The van der Waals surface area contributed by atoms with E-state index >= 15 is 0 Å². The molecular formula is C12H15ClF3N3O2S. The van der Waals surface area contributed by atoms with Crippen molar-refractivity contribution in [3.8, 4) is 0 Å². The Hall–Kier alpha value is -1.06. The first-order chi connectivity index (χ1) is 10.1. The first kappa shape index (κ1) is 17.3. The molecule has 1 aromatic rings. The van der Waals surface area contributed by atoms with Gasteiger partial charge < -0.3 is 5.32 Å². The van der Waals surface area contributed by atoms with Gasteiger partial charge in [-0.2, -0.15) is 13.2 Å². The average molecular weight is 358 g/mol. The highest BCUT2D eigenvalue weighted by atomic mass is 35.5. The lowest BCUT2D eigenvalue weighted by Gasteiger charge is -2.38. The number of rotatable bonds is 5. The average Bonchev–Trinajstić information content (AvgIpc) is 2.37. The number of nitrogens with zero attached hydrogens (tertiary/aromatic N) is 2. The lowest BCUT2D eigenvalue weighted by molar-refractivity contribution is -0.137. The Balaban J connectivity index is 1.89. The van der Waals surface area contributed by atoms with Gasteiger partial charge in [0.15, 0.2) is 0 Å². The minimum Gasteiger partial charge on any atom is -0.368 e. The number of halogens is 4. The minimum atomic E-state index is -4.49. The van der Waals surface area contributed by atoms with E-state index in [-0.39, 0.29) is 22.5 Å². The van der Waals surface area contributed by atoms with Gasteiger partial charge in [0.2, 0.25) is 10.0 Å². The maximum absolute atomic E-state index is 12.5. The fourth-order valence-corrected chi connectivity index (χ4v) is 3.50. The van der Waals surface area contributed by atoms with Gasteiger partial charge in [-0.15, -0.1) is 0 Å². The summed E-state index contributed by atoms with van der Waals surface area (Å²) in [5.74, 6) is 0.298. The number of pyridine rings is 1. The molecule has 5 nitrogen and oxygen atoms in total. The molecule has 124 valence electrons. The summed E-state index contributed by atoms with van der Waals surface area (Å²) in [4.78, 5) is 3.66. The van der Waals surface area contributed by atoms with Crippen LogP contribution in [0.5, 0.6) is 0 Å². The molecule has 0 spiro atoms. The van der Waals surface area contributed by atoms with E-state index in [1.165, 1.54) is 4.31 Å². The van der Waals surface area contributed by atoms with Crippen molar-refractivity contribution in [3.63, 3.8) is 0 Å². The van der Waals surface area contributed by atoms with Gasteiger partial charge in [-0.05, 0) is 13.0 Å². The quantitative estimate of drug-likeness (QED) is 0.879. The molecule has 0 unspecified atom stereocenters. The summed E-state index contributed by atoms with van der Waals surface area (Å²) >= 11 is 5.77. The fourth-order valence-electron chi connectivity index (χ4n) is 2.03. The SMILES string of the molecule is CCS(=O)(=O)N1CC(CNc2ncc(C(F)(F)F)cc2Cl)C1. The molecule has 0 amide bonds. The summed E-state index contributed by atoms with van der Waals surface area (Å²) in [6, 6.07) is 0.811. The van der Waals surface area contributed by atoms with E-state index in [4.69, 9.17) is 11.6 Å². The van der Waals surface area contributed by atoms with E-state index in [2.05, 4.69) is 10.3 Å². The Morgan fingerprint density at radius 3 is 2.59 bits per heavy atom. The van der Waals surface area contributed by atoms with Crippen molar-refractivity contribution >= 4 is 27.4 Å². The molecule has 10 heteroatoms. The van der Waals surface area contributed by atoms with E-state index in [9.17, 15) is 21.6 Å². The Kier molecular flexibility index (Phi) is 4.88. The van der Waals surface area contributed by atoms with Crippen molar-refractivity contribution in [1.82, 2.24) is 9.29 Å². The first-order valence-electron chi connectivity index (χ1n) is 6.58. The topological polar surface area (TPSA) is 62.3 Å². The monoisotopic (exact) mass is 357 g/mol. The Morgan fingerprint density at radius 2 is 2.09 bits per heavy atom. The van der Waals surface area contributed by atoms with E-state index in [0.717, 1.165) is 6.07 Å². The minimum absolute atomic E-state index is 0.0550. The molecule has 0 saturated carbocycles. The smallest absolute Gasteiger partial charge is 0.368 e. The van der Waals surface area contributed by atoms with Crippen molar-refractivity contribution in [1.29, 1.82) is 0 Å². The normalized spacial score (nSPS) is 17.3. The van der Waals surface area contributed by atoms with Crippen LogP contribution in [0.3, 0.4) is 0 Å². The van der Waals surface area contributed by atoms with Crippen LogP contribution < -0.4 is 5.32 Å². The van der Waals surface area contributed by atoms with Gasteiger partial charge in [0, 0.05) is 31.7 Å². The van der Waals surface area contributed by atoms with Crippen LogP contribution in [0, 0.1) is 5.92 Å². The number of nitrogens with one attached hydrogen (secondary N) is 1. The highest BCUT2D eigenvalue weighted by Crippen LogP contribution is 2.32. The Bertz CT molecular complexity index is 646. The Labute approximate surface area is 131 Å². The van der Waals surface area contributed by atoms with Gasteiger partial charge in [0.05, 0.1) is 16.3 Å². The summed E-state index contributed by atoms with van der Waals surface area (Å²) in [6.45, 7) is 2.75. The van der Waals surface area contributed by atoms with Gasteiger partial charge in [0.1, 0.15) is 5.82 Å². The van der Waals surface area contributed by atoms with E-state index in [1.807, 2.05) is 0 Å². The third-order valence-corrected chi connectivity index (χ3v) is 5.51. The molecule has 1 saturated heterocycles. The predicted molar refractivity (Wildman–Crippen MR) is 77.3 cm³/mol. The number of sulfonamides is 1. The lowest BCUT2D eigenvalue weighted by atomic mass is 10.0. The van der Waals surface area contributed by atoms with Gasteiger partial charge in [-0.25, -0.2) is 17.7 Å². The van der Waals surface area contributed by atoms with Gasteiger partial charge >= 0.3 is 6.18 Å². The third-order valence-electron chi connectivity index (χ3n) is 3.41. The number of alkyl halides is 3. The largest absolute Gasteiger partial charge is 0.417 e. The summed E-state index contributed by atoms with van der Waals surface area (Å²) < 4.78 is 61.9. The molecule has 2 heterocycles. The first-order valence-corrected chi connectivity index (χ1v) is 8.56. The predicted octanol–water partition coefficient (Wildman–Crippen LogP) is 2.45. The zero-order valence-electron chi connectivity index (χ0n) is 11.7. The summed E-state index contributed by atoms with van der Waals surface area (Å²) in [5.41, 5.74) is -0.910. The highest BCUT2D eigenvalue weighted by Gasteiger charge is 2.35. The zero-order chi connectivity index (χ0) is 16.5. The van der Waals surface area contributed by atoms with Crippen molar-refractivity contribution in [2.75, 3.05) is 30.7 Å². The van der Waals surface area contributed by atoms with Crippen molar-refractivity contribution in [2.24, 2.45) is 5.92 Å². The van der Waals surface area contributed by atoms with Crippen LogP contribution in [0.15, 0.2) is 12.3 Å². The molecule has 0 aromatic carbocycles. The van der Waals surface area contributed by atoms with Crippen LogP contribution in [-0.4, -0.2) is 43.1 Å².